The molecule has 1 fully saturated rings. The normalized spacial score (nSPS) is 15.7. The first-order valence-electron chi connectivity index (χ1n) is 10.1. The molecule has 0 aliphatic carbocycles. The summed E-state index contributed by atoms with van der Waals surface area (Å²) in [6.07, 6.45) is 2.65. The summed E-state index contributed by atoms with van der Waals surface area (Å²) in [5.41, 5.74) is 0.699. The number of hydrogen-bond donors (Lipinski definition) is 0. The van der Waals surface area contributed by atoms with E-state index in [1.165, 1.54) is 25.9 Å². The molecule has 1 aromatic heterocycles. The SMILES string of the molecule is COc1ccc(-c2noc(CN(C)C[C@H](C)CN3CCCC3)n2)c(OC)c1OC. The molecule has 2 aromatic rings. The van der Waals surface area contributed by atoms with Gasteiger partial charge in [0.05, 0.1) is 33.4 Å². The van der Waals surface area contributed by atoms with Crippen LogP contribution in [-0.2, 0) is 6.54 Å². The summed E-state index contributed by atoms with van der Waals surface area (Å²) in [7, 11) is 6.83. The molecule has 2 heterocycles. The van der Waals surface area contributed by atoms with E-state index < -0.39 is 0 Å². The largest absolute Gasteiger partial charge is 0.493 e. The Kier molecular flexibility index (Phi) is 7.33. The average Bonchev–Trinajstić information content (AvgIpc) is 3.38. The van der Waals surface area contributed by atoms with Crippen LogP contribution in [0.5, 0.6) is 17.2 Å². The lowest BCUT2D eigenvalue weighted by atomic mass is 10.1. The highest BCUT2D eigenvalue weighted by Gasteiger charge is 2.21. The van der Waals surface area contributed by atoms with Gasteiger partial charge in [-0.05, 0) is 51.0 Å². The van der Waals surface area contributed by atoms with Gasteiger partial charge in [-0.15, -0.1) is 0 Å². The van der Waals surface area contributed by atoms with E-state index >= 15 is 0 Å². The quantitative estimate of drug-likeness (QED) is 0.599. The summed E-state index contributed by atoms with van der Waals surface area (Å²) in [5, 5.41) is 4.14. The van der Waals surface area contributed by atoms with E-state index in [1.807, 2.05) is 6.07 Å². The second-order valence-electron chi connectivity index (χ2n) is 7.70. The minimum atomic E-state index is 0.469. The molecule has 1 atom stereocenters. The Morgan fingerprint density at radius 1 is 1.10 bits per heavy atom. The lowest BCUT2D eigenvalue weighted by Gasteiger charge is -2.24. The fourth-order valence-electron chi connectivity index (χ4n) is 4.00. The molecule has 1 aliphatic heterocycles. The molecule has 0 saturated carbocycles. The molecule has 8 heteroatoms. The Hall–Kier alpha value is -2.32. The van der Waals surface area contributed by atoms with Crippen LogP contribution < -0.4 is 14.2 Å². The van der Waals surface area contributed by atoms with Crippen LogP contribution in [0.4, 0.5) is 0 Å². The van der Waals surface area contributed by atoms with Crippen LogP contribution in [0.25, 0.3) is 11.4 Å². The van der Waals surface area contributed by atoms with E-state index in [-0.39, 0.29) is 0 Å². The van der Waals surface area contributed by atoms with Gasteiger partial charge < -0.3 is 23.6 Å². The van der Waals surface area contributed by atoms with Crippen LogP contribution in [-0.4, -0.2) is 74.5 Å². The third-order valence-corrected chi connectivity index (χ3v) is 5.21. The fraction of sp³-hybridized carbons (Fsp3) is 0.619. The number of likely N-dealkylation sites (tertiary alicyclic amines) is 1. The molecule has 160 valence electrons. The number of rotatable bonds is 10. The predicted octanol–water partition coefficient (Wildman–Crippen LogP) is 2.93. The molecule has 0 amide bonds. The van der Waals surface area contributed by atoms with Crippen LogP contribution in [0.1, 0.15) is 25.7 Å². The van der Waals surface area contributed by atoms with Gasteiger partial charge in [0.2, 0.25) is 17.5 Å². The van der Waals surface area contributed by atoms with Crippen molar-refractivity contribution in [1.29, 1.82) is 0 Å². The molecule has 0 N–H and O–H groups in total. The van der Waals surface area contributed by atoms with Gasteiger partial charge in [-0.2, -0.15) is 4.98 Å². The molecule has 1 aliphatic rings. The minimum Gasteiger partial charge on any atom is -0.493 e. The highest BCUT2D eigenvalue weighted by Crippen LogP contribution is 2.43. The highest BCUT2D eigenvalue weighted by atomic mass is 16.5. The zero-order chi connectivity index (χ0) is 20.8. The highest BCUT2D eigenvalue weighted by molar-refractivity contribution is 5.71. The third kappa shape index (κ3) is 5.19. The Bertz CT molecular complexity index is 789. The van der Waals surface area contributed by atoms with Crippen molar-refractivity contribution in [3.63, 3.8) is 0 Å². The van der Waals surface area contributed by atoms with Gasteiger partial charge >= 0.3 is 0 Å². The molecule has 0 spiro atoms. The first kappa shape index (κ1) is 21.4. The molecule has 1 saturated heterocycles. The molecule has 8 nitrogen and oxygen atoms in total. The molecule has 1 aromatic carbocycles. The molecule has 29 heavy (non-hydrogen) atoms. The maximum absolute atomic E-state index is 5.53. The Morgan fingerprint density at radius 2 is 1.83 bits per heavy atom. The van der Waals surface area contributed by atoms with Crippen molar-refractivity contribution < 1.29 is 18.7 Å². The van der Waals surface area contributed by atoms with E-state index in [0.29, 0.717) is 47.0 Å². The molecule has 0 unspecified atom stereocenters. The van der Waals surface area contributed by atoms with Crippen molar-refractivity contribution >= 4 is 0 Å². The second kappa shape index (κ2) is 9.93. The monoisotopic (exact) mass is 404 g/mol. The number of methoxy groups -OCH3 is 3. The van der Waals surface area contributed by atoms with Gasteiger partial charge in [0.15, 0.2) is 11.5 Å². The number of ether oxygens (including phenoxy) is 3. The topological polar surface area (TPSA) is 73.1 Å². The van der Waals surface area contributed by atoms with Gasteiger partial charge in [-0.25, -0.2) is 0 Å². The zero-order valence-electron chi connectivity index (χ0n) is 18.1. The van der Waals surface area contributed by atoms with Crippen LogP contribution in [0.3, 0.4) is 0 Å². The van der Waals surface area contributed by atoms with E-state index in [4.69, 9.17) is 18.7 Å². The van der Waals surface area contributed by atoms with Crippen LogP contribution in [0, 0.1) is 5.92 Å². The zero-order valence-corrected chi connectivity index (χ0v) is 18.1. The summed E-state index contributed by atoms with van der Waals surface area (Å²) in [6.45, 7) is 7.48. The molecule has 3 rings (SSSR count). The number of aromatic nitrogens is 2. The Labute approximate surface area is 172 Å². The van der Waals surface area contributed by atoms with Crippen molar-refractivity contribution in [2.45, 2.75) is 26.3 Å². The number of hydrogen-bond acceptors (Lipinski definition) is 8. The van der Waals surface area contributed by atoms with Crippen molar-refractivity contribution in [2.75, 3.05) is 54.6 Å². The Balaban J connectivity index is 1.66. The van der Waals surface area contributed by atoms with E-state index in [1.54, 1.807) is 27.4 Å². The Morgan fingerprint density at radius 3 is 2.48 bits per heavy atom. The molecule has 0 radical (unpaired) electrons. The number of benzene rings is 1. The van der Waals surface area contributed by atoms with Crippen molar-refractivity contribution in [1.82, 2.24) is 19.9 Å². The smallest absolute Gasteiger partial charge is 0.241 e. The first-order chi connectivity index (χ1) is 14.0. The molecular formula is C21H32N4O4. The predicted molar refractivity (Wildman–Crippen MR) is 111 cm³/mol. The molecule has 0 bridgehead atoms. The maximum Gasteiger partial charge on any atom is 0.241 e. The second-order valence-corrected chi connectivity index (χ2v) is 7.70. The summed E-state index contributed by atoms with van der Waals surface area (Å²) < 4.78 is 21.8. The van der Waals surface area contributed by atoms with Crippen molar-refractivity contribution in [3.05, 3.63) is 18.0 Å². The summed E-state index contributed by atoms with van der Waals surface area (Å²) in [5.74, 6) is 3.25. The minimum absolute atomic E-state index is 0.469. The van der Waals surface area contributed by atoms with Gasteiger partial charge in [0.25, 0.3) is 0 Å². The average molecular weight is 405 g/mol. The van der Waals surface area contributed by atoms with Crippen molar-refractivity contribution in [3.8, 4) is 28.6 Å². The van der Waals surface area contributed by atoms with Gasteiger partial charge in [-0.1, -0.05) is 12.1 Å². The lowest BCUT2D eigenvalue weighted by Crippen LogP contribution is -2.32. The third-order valence-electron chi connectivity index (χ3n) is 5.21. The first-order valence-corrected chi connectivity index (χ1v) is 10.1. The summed E-state index contributed by atoms with van der Waals surface area (Å²) in [6, 6.07) is 3.65. The van der Waals surface area contributed by atoms with Gasteiger partial charge in [0, 0.05) is 13.1 Å². The van der Waals surface area contributed by atoms with Crippen molar-refractivity contribution in [2.24, 2.45) is 5.92 Å². The van der Waals surface area contributed by atoms with Gasteiger partial charge in [-0.3, -0.25) is 4.90 Å². The number of nitrogens with zero attached hydrogens (tertiary/aromatic N) is 4. The summed E-state index contributed by atoms with van der Waals surface area (Å²) >= 11 is 0. The van der Waals surface area contributed by atoms with Gasteiger partial charge in [0.1, 0.15) is 0 Å². The van der Waals surface area contributed by atoms with Crippen LogP contribution in [0.15, 0.2) is 16.7 Å². The molecular weight excluding hydrogens is 372 g/mol. The van der Waals surface area contributed by atoms with Crippen LogP contribution in [0.2, 0.25) is 0 Å². The maximum atomic E-state index is 5.53. The summed E-state index contributed by atoms with van der Waals surface area (Å²) in [4.78, 5) is 9.34. The van der Waals surface area contributed by atoms with E-state index in [2.05, 4.69) is 33.9 Å². The fourth-order valence-corrected chi connectivity index (χ4v) is 4.00. The van der Waals surface area contributed by atoms with E-state index in [0.717, 1.165) is 13.1 Å². The van der Waals surface area contributed by atoms with E-state index in [9.17, 15) is 0 Å². The standard InChI is InChI=1S/C21H32N4O4/c1-15(13-25-10-6-7-11-25)12-24(2)14-18-22-21(23-29-18)16-8-9-17(26-3)20(28-5)19(16)27-4/h8-9,15H,6-7,10-14H2,1-5H3/t15-/m0/s1. The lowest BCUT2D eigenvalue weighted by molar-refractivity contribution is 0.204. The van der Waals surface area contributed by atoms with Crippen LogP contribution >= 0.6 is 0 Å².